The van der Waals surface area contributed by atoms with Crippen LogP contribution in [0.15, 0.2) is 12.1 Å². The van der Waals surface area contributed by atoms with Gasteiger partial charge in [-0.1, -0.05) is 0 Å². The fourth-order valence-electron chi connectivity index (χ4n) is 2.56. The Labute approximate surface area is 128 Å². The third-order valence-corrected chi connectivity index (χ3v) is 5.85. The van der Waals surface area contributed by atoms with Crippen LogP contribution < -0.4 is 5.32 Å². The summed E-state index contributed by atoms with van der Waals surface area (Å²) in [6.07, 6.45) is 3.63. The van der Waals surface area contributed by atoms with Gasteiger partial charge < -0.3 is 10.1 Å². The molecule has 5 heteroatoms. The van der Waals surface area contributed by atoms with E-state index in [0.717, 1.165) is 19.6 Å². The maximum Gasteiger partial charge on any atom is 0.115 e. The number of aromatic nitrogens is 1. The molecule has 0 saturated carbocycles. The lowest BCUT2D eigenvalue weighted by molar-refractivity contribution is 0.197. The van der Waals surface area contributed by atoms with Gasteiger partial charge in [0.05, 0.1) is 18.3 Å². The summed E-state index contributed by atoms with van der Waals surface area (Å²) in [6, 6.07) is 4.63. The monoisotopic (exact) mass is 308 g/mol. The molecule has 2 heterocycles. The van der Waals surface area contributed by atoms with Crippen LogP contribution >= 0.6 is 22.7 Å². The van der Waals surface area contributed by atoms with E-state index in [0.29, 0.717) is 0 Å². The number of ether oxygens (including phenoxy) is 1. The van der Waals surface area contributed by atoms with Crippen LogP contribution in [0.1, 0.15) is 37.8 Å². The van der Waals surface area contributed by atoms with Crippen molar-refractivity contribution in [1.82, 2.24) is 10.3 Å². The quantitative estimate of drug-likeness (QED) is 0.831. The fourth-order valence-corrected chi connectivity index (χ4v) is 4.84. The molecular formula is C15H20N2OS2. The number of nitrogens with one attached hydrogen (secondary N) is 1. The highest BCUT2D eigenvalue weighted by Gasteiger charge is 2.23. The molecule has 2 aromatic rings. The lowest BCUT2D eigenvalue weighted by atomic mass is 10.2. The second kappa shape index (κ2) is 6.35. The first-order valence-electron chi connectivity index (χ1n) is 7.05. The van der Waals surface area contributed by atoms with Crippen LogP contribution in [-0.2, 0) is 17.6 Å². The first-order chi connectivity index (χ1) is 9.78. The maximum atomic E-state index is 5.15. The van der Waals surface area contributed by atoms with Crippen LogP contribution in [0.25, 0.3) is 0 Å². The molecule has 0 radical (unpaired) electrons. The van der Waals surface area contributed by atoms with E-state index in [9.17, 15) is 0 Å². The van der Waals surface area contributed by atoms with E-state index in [1.54, 1.807) is 7.11 Å². The number of aryl methyl sites for hydroxylation is 3. The standard InChI is InChI=1S/C15H20N2OS2/c1-10-6-7-13(19-10)14(16-8-9-18-2)15-17-11-4-3-5-12(11)20-15/h6-7,14,16H,3-5,8-9H2,1-2H3. The molecule has 1 aliphatic rings. The Morgan fingerprint density at radius 2 is 2.25 bits per heavy atom. The third-order valence-electron chi connectivity index (χ3n) is 3.56. The van der Waals surface area contributed by atoms with Crippen LogP contribution in [0.2, 0.25) is 0 Å². The van der Waals surface area contributed by atoms with Crippen molar-refractivity contribution in [2.45, 2.75) is 32.2 Å². The van der Waals surface area contributed by atoms with Crippen molar-refractivity contribution in [2.24, 2.45) is 0 Å². The highest BCUT2D eigenvalue weighted by Crippen LogP contribution is 2.35. The van der Waals surface area contributed by atoms with Gasteiger partial charge in [-0.05, 0) is 38.3 Å². The highest BCUT2D eigenvalue weighted by molar-refractivity contribution is 7.13. The van der Waals surface area contributed by atoms with Gasteiger partial charge in [0, 0.05) is 28.3 Å². The molecule has 1 N–H and O–H groups in total. The van der Waals surface area contributed by atoms with Gasteiger partial charge in [0.25, 0.3) is 0 Å². The smallest absolute Gasteiger partial charge is 0.115 e. The Morgan fingerprint density at radius 1 is 1.35 bits per heavy atom. The van der Waals surface area contributed by atoms with E-state index in [2.05, 4.69) is 24.4 Å². The zero-order chi connectivity index (χ0) is 13.9. The molecule has 20 heavy (non-hydrogen) atoms. The van der Waals surface area contributed by atoms with Crippen molar-refractivity contribution in [3.05, 3.63) is 37.5 Å². The molecule has 0 fully saturated rings. The normalized spacial score (nSPS) is 15.5. The van der Waals surface area contributed by atoms with Crippen molar-refractivity contribution in [3.8, 4) is 0 Å². The average Bonchev–Trinajstić information content (AvgIpc) is 3.10. The third kappa shape index (κ3) is 2.96. The van der Waals surface area contributed by atoms with Crippen LogP contribution in [0, 0.1) is 6.92 Å². The van der Waals surface area contributed by atoms with Crippen LogP contribution in [0.3, 0.4) is 0 Å². The van der Waals surface area contributed by atoms with Gasteiger partial charge in [-0.2, -0.15) is 0 Å². The van der Waals surface area contributed by atoms with Crippen LogP contribution in [0.5, 0.6) is 0 Å². The number of rotatable bonds is 6. The van der Waals surface area contributed by atoms with E-state index in [4.69, 9.17) is 9.72 Å². The number of hydrogen-bond acceptors (Lipinski definition) is 5. The lowest BCUT2D eigenvalue weighted by Crippen LogP contribution is -2.25. The van der Waals surface area contributed by atoms with Crippen LogP contribution in [0.4, 0.5) is 0 Å². The lowest BCUT2D eigenvalue weighted by Gasteiger charge is -2.15. The summed E-state index contributed by atoms with van der Waals surface area (Å²) in [6.45, 7) is 3.73. The molecule has 0 bridgehead atoms. The average molecular weight is 308 g/mol. The minimum absolute atomic E-state index is 0.222. The summed E-state index contributed by atoms with van der Waals surface area (Å²) in [5, 5.41) is 4.80. The molecule has 3 rings (SSSR count). The Hall–Kier alpha value is -0.750. The van der Waals surface area contributed by atoms with Crippen molar-refractivity contribution < 1.29 is 4.74 Å². The second-order valence-corrected chi connectivity index (χ2v) is 7.54. The fraction of sp³-hybridized carbons (Fsp3) is 0.533. The Kier molecular flexibility index (Phi) is 4.51. The topological polar surface area (TPSA) is 34.1 Å². The van der Waals surface area contributed by atoms with Gasteiger partial charge in [-0.3, -0.25) is 0 Å². The first-order valence-corrected chi connectivity index (χ1v) is 8.68. The van der Waals surface area contributed by atoms with Crippen molar-refractivity contribution in [3.63, 3.8) is 0 Å². The molecule has 3 nitrogen and oxygen atoms in total. The number of hydrogen-bond donors (Lipinski definition) is 1. The largest absolute Gasteiger partial charge is 0.383 e. The summed E-state index contributed by atoms with van der Waals surface area (Å²) in [5.41, 5.74) is 1.33. The molecule has 0 saturated heterocycles. The molecule has 0 amide bonds. The molecule has 2 aromatic heterocycles. The summed E-state index contributed by atoms with van der Waals surface area (Å²) < 4.78 is 5.15. The zero-order valence-electron chi connectivity index (χ0n) is 11.9. The van der Waals surface area contributed by atoms with E-state index in [-0.39, 0.29) is 6.04 Å². The van der Waals surface area contributed by atoms with Crippen molar-refractivity contribution >= 4 is 22.7 Å². The van der Waals surface area contributed by atoms with Gasteiger partial charge in [-0.15, -0.1) is 22.7 Å². The van der Waals surface area contributed by atoms with E-state index < -0.39 is 0 Å². The van der Waals surface area contributed by atoms with E-state index >= 15 is 0 Å². The van der Waals surface area contributed by atoms with Crippen molar-refractivity contribution in [2.75, 3.05) is 20.3 Å². The molecule has 0 aliphatic heterocycles. The first kappa shape index (κ1) is 14.2. The summed E-state index contributed by atoms with van der Waals surface area (Å²) in [7, 11) is 1.74. The molecule has 0 aromatic carbocycles. The Bertz CT molecular complexity index is 555. The summed E-state index contributed by atoms with van der Waals surface area (Å²) >= 11 is 3.74. The zero-order valence-corrected chi connectivity index (χ0v) is 13.6. The Balaban J connectivity index is 1.83. The second-order valence-electron chi connectivity index (χ2n) is 5.10. The molecule has 1 aliphatic carbocycles. The van der Waals surface area contributed by atoms with Crippen molar-refractivity contribution in [1.29, 1.82) is 0 Å². The molecule has 0 spiro atoms. The Morgan fingerprint density at radius 3 is 2.95 bits per heavy atom. The van der Waals surface area contributed by atoms with Gasteiger partial charge >= 0.3 is 0 Å². The van der Waals surface area contributed by atoms with E-state index in [1.165, 1.54) is 38.2 Å². The summed E-state index contributed by atoms with van der Waals surface area (Å²) in [4.78, 5) is 9.07. The number of nitrogens with zero attached hydrogens (tertiary/aromatic N) is 1. The summed E-state index contributed by atoms with van der Waals surface area (Å²) in [5.74, 6) is 0. The molecule has 1 unspecified atom stereocenters. The highest BCUT2D eigenvalue weighted by atomic mass is 32.1. The number of fused-ring (bicyclic) bond motifs is 1. The van der Waals surface area contributed by atoms with E-state index in [1.807, 2.05) is 22.7 Å². The number of methoxy groups -OCH3 is 1. The molecule has 1 atom stereocenters. The SMILES string of the molecule is COCCNC(c1ccc(C)s1)c1nc2c(s1)CCC2. The minimum atomic E-state index is 0.222. The molecule has 108 valence electrons. The predicted molar refractivity (Wildman–Crippen MR) is 84.9 cm³/mol. The van der Waals surface area contributed by atoms with Gasteiger partial charge in [0.2, 0.25) is 0 Å². The maximum absolute atomic E-state index is 5.15. The predicted octanol–water partition coefficient (Wildman–Crippen LogP) is 3.33. The van der Waals surface area contributed by atoms with Gasteiger partial charge in [-0.25, -0.2) is 4.98 Å². The van der Waals surface area contributed by atoms with Crippen LogP contribution in [-0.4, -0.2) is 25.2 Å². The number of thiazole rings is 1. The number of thiophene rings is 1. The van der Waals surface area contributed by atoms with Gasteiger partial charge in [0.1, 0.15) is 5.01 Å². The minimum Gasteiger partial charge on any atom is -0.383 e. The molecular weight excluding hydrogens is 288 g/mol. The van der Waals surface area contributed by atoms with Gasteiger partial charge in [0.15, 0.2) is 0 Å².